The number of hydrogen-bond donors (Lipinski definition) is 1. The molecule has 8 heteroatoms. The van der Waals surface area contributed by atoms with Gasteiger partial charge in [-0.2, -0.15) is 10.2 Å². The van der Waals surface area contributed by atoms with E-state index in [1.54, 1.807) is 0 Å². The van der Waals surface area contributed by atoms with E-state index >= 15 is 0 Å². The third-order valence-corrected chi connectivity index (χ3v) is 4.50. The molecule has 7 nitrogen and oxygen atoms in total. The van der Waals surface area contributed by atoms with Crippen LogP contribution in [0.3, 0.4) is 0 Å². The van der Waals surface area contributed by atoms with Gasteiger partial charge >= 0.3 is 0 Å². The minimum atomic E-state index is 0. The average molecular weight is 507 g/mol. The Bertz CT molecular complexity index is 958. The molecular weight excluding hydrogens is 477 g/mol. The fourth-order valence-electron chi connectivity index (χ4n) is 3.26. The molecule has 0 radical (unpaired) electrons. The van der Waals surface area contributed by atoms with E-state index < -0.39 is 0 Å². The SMILES string of the molecule is CCNC(=NCc1ccccc1-n1nc(C)cc1C)N(C)Cc1cnn(C)c1.I. The van der Waals surface area contributed by atoms with Crippen LogP contribution in [0, 0.1) is 13.8 Å². The second kappa shape index (κ2) is 10.4. The number of benzene rings is 1. The van der Waals surface area contributed by atoms with E-state index in [2.05, 4.69) is 52.5 Å². The van der Waals surface area contributed by atoms with Crippen molar-refractivity contribution < 1.29 is 0 Å². The summed E-state index contributed by atoms with van der Waals surface area (Å²) in [6, 6.07) is 10.4. The molecule has 29 heavy (non-hydrogen) atoms. The van der Waals surface area contributed by atoms with E-state index in [4.69, 9.17) is 4.99 Å². The molecule has 3 aromatic rings. The first kappa shape index (κ1) is 22.9. The molecule has 1 aromatic carbocycles. The fourth-order valence-corrected chi connectivity index (χ4v) is 3.26. The number of aromatic nitrogens is 4. The average Bonchev–Trinajstić information content (AvgIpc) is 3.23. The Morgan fingerprint density at radius 3 is 2.62 bits per heavy atom. The van der Waals surface area contributed by atoms with Crippen molar-refractivity contribution in [1.82, 2.24) is 29.8 Å². The molecule has 0 spiro atoms. The molecule has 2 heterocycles. The summed E-state index contributed by atoms with van der Waals surface area (Å²) < 4.78 is 3.81. The Hall–Kier alpha value is -2.36. The van der Waals surface area contributed by atoms with Crippen LogP contribution in [0.25, 0.3) is 5.69 Å². The van der Waals surface area contributed by atoms with Crippen LogP contribution in [0.4, 0.5) is 0 Å². The molecule has 0 bridgehead atoms. The van der Waals surface area contributed by atoms with E-state index in [1.165, 1.54) is 0 Å². The Kier molecular flexibility index (Phi) is 8.24. The maximum absolute atomic E-state index is 4.87. The summed E-state index contributed by atoms with van der Waals surface area (Å²) in [5, 5.41) is 12.3. The lowest BCUT2D eigenvalue weighted by atomic mass is 10.2. The van der Waals surface area contributed by atoms with Crippen LogP contribution in [0.5, 0.6) is 0 Å². The highest BCUT2D eigenvalue weighted by atomic mass is 127. The topological polar surface area (TPSA) is 63.3 Å². The summed E-state index contributed by atoms with van der Waals surface area (Å²) in [7, 11) is 3.97. The van der Waals surface area contributed by atoms with E-state index in [9.17, 15) is 0 Å². The highest BCUT2D eigenvalue weighted by molar-refractivity contribution is 14.0. The molecule has 0 fully saturated rings. The molecule has 3 rings (SSSR count). The first-order chi connectivity index (χ1) is 13.5. The van der Waals surface area contributed by atoms with Crippen LogP contribution in [0.1, 0.15) is 29.4 Å². The molecule has 0 saturated heterocycles. The van der Waals surface area contributed by atoms with Gasteiger partial charge in [-0.05, 0) is 38.5 Å². The van der Waals surface area contributed by atoms with E-state index in [0.29, 0.717) is 6.54 Å². The molecule has 0 aliphatic carbocycles. The van der Waals surface area contributed by atoms with Gasteiger partial charge < -0.3 is 10.2 Å². The Balaban J connectivity index is 0.00000300. The summed E-state index contributed by atoms with van der Waals surface area (Å²) in [6.07, 6.45) is 3.91. The first-order valence-electron chi connectivity index (χ1n) is 9.56. The molecule has 0 saturated carbocycles. The molecule has 2 aromatic heterocycles. The van der Waals surface area contributed by atoms with Crippen molar-refractivity contribution in [2.45, 2.75) is 33.9 Å². The largest absolute Gasteiger partial charge is 0.357 e. The molecular formula is C21H30IN7. The molecule has 156 valence electrons. The summed E-state index contributed by atoms with van der Waals surface area (Å²) >= 11 is 0. The maximum Gasteiger partial charge on any atom is 0.194 e. The van der Waals surface area contributed by atoms with Crippen molar-refractivity contribution in [3.63, 3.8) is 0 Å². The lowest BCUT2D eigenvalue weighted by molar-refractivity contribution is 0.476. The molecule has 1 N–H and O–H groups in total. The van der Waals surface area contributed by atoms with Gasteiger partial charge in [0.1, 0.15) is 0 Å². The van der Waals surface area contributed by atoms with Gasteiger partial charge in [0.25, 0.3) is 0 Å². The normalized spacial score (nSPS) is 11.3. The van der Waals surface area contributed by atoms with Gasteiger partial charge in [0.05, 0.1) is 24.1 Å². The summed E-state index contributed by atoms with van der Waals surface area (Å²) in [4.78, 5) is 6.99. The number of nitrogens with zero attached hydrogens (tertiary/aromatic N) is 6. The number of rotatable bonds is 6. The lowest BCUT2D eigenvalue weighted by Gasteiger charge is -2.21. The minimum Gasteiger partial charge on any atom is -0.357 e. The number of hydrogen-bond acceptors (Lipinski definition) is 3. The van der Waals surface area contributed by atoms with Crippen LogP contribution < -0.4 is 5.32 Å². The number of aliphatic imine (C=N–C) groups is 1. The van der Waals surface area contributed by atoms with Gasteiger partial charge in [-0.3, -0.25) is 4.68 Å². The van der Waals surface area contributed by atoms with E-state index in [1.807, 2.05) is 54.9 Å². The van der Waals surface area contributed by atoms with Crippen LogP contribution in [0.15, 0.2) is 47.7 Å². The molecule has 0 aliphatic rings. The third kappa shape index (κ3) is 5.81. The predicted octanol–water partition coefficient (Wildman–Crippen LogP) is 3.44. The van der Waals surface area contributed by atoms with Crippen LogP contribution >= 0.6 is 24.0 Å². The zero-order valence-corrected chi connectivity index (χ0v) is 20.1. The lowest BCUT2D eigenvalue weighted by Crippen LogP contribution is -2.38. The van der Waals surface area contributed by atoms with Gasteiger partial charge in [-0.1, -0.05) is 18.2 Å². The second-order valence-corrected chi connectivity index (χ2v) is 7.02. The minimum absolute atomic E-state index is 0. The number of aryl methyl sites for hydroxylation is 3. The van der Waals surface area contributed by atoms with Gasteiger partial charge in [0, 0.05) is 44.6 Å². The molecule has 0 unspecified atom stereocenters. The number of halogens is 1. The Labute approximate surface area is 189 Å². The second-order valence-electron chi connectivity index (χ2n) is 7.02. The van der Waals surface area contributed by atoms with Crippen molar-refractivity contribution in [2.75, 3.05) is 13.6 Å². The summed E-state index contributed by atoms with van der Waals surface area (Å²) in [5.74, 6) is 0.870. The number of guanidine groups is 1. The fraction of sp³-hybridized carbons (Fsp3) is 0.381. The highest BCUT2D eigenvalue weighted by Crippen LogP contribution is 2.18. The summed E-state index contributed by atoms with van der Waals surface area (Å²) in [5.41, 5.74) is 5.50. The van der Waals surface area contributed by atoms with Crippen molar-refractivity contribution in [2.24, 2.45) is 12.0 Å². The van der Waals surface area contributed by atoms with Crippen molar-refractivity contribution >= 4 is 29.9 Å². The van der Waals surface area contributed by atoms with Crippen molar-refractivity contribution in [3.05, 3.63) is 65.2 Å². The van der Waals surface area contributed by atoms with Crippen LogP contribution in [-0.2, 0) is 20.1 Å². The Morgan fingerprint density at radius 2 is 2.00 bits per heavy atom. The number of nitrogens with one attached hydrogen (secondary N) is 1. The standard InChI is InChI=1S/C21H29N7.HI/c1-6-22-21(26(4)14-18-12-24-27(5)15-18)23-13-19-9-7-8-10-20(19)28-17(3)11-16(2)25-28;/h7-12,15H,6,13-14H2,1-5H3,(H,22,23);1H. The third-order valence-electron chi connectivity index (χ3n) is 4.50. The Morgan fingerprint density at radius 1 is 1.24 bits per heavy atom. The molecule has 0 amide bonds. The number of para-hydroxylation sites is 1. The first-order valence-corrected chi connectivity index (χ1v) is 9.56. The molecule has 0 aliphatic heterocycles. The van der Waals surface area contributed by atoms with Crippen LogP contribution in [0.2, 0.25) is 0 Å². The van der Waals surface area contributed by atoms with E-state index in [0.717, 1.165) is 47.3 Å². The van der Waals surface area contributed by atoms with Gasteiger partial charge in [-0.15, -0.1) is 24.0 Å². The van der Waals surface area contributed by atoms with Gasteiger partial charge in [0.15, 0.2) is 5.96 Å². The maximum atomic E-state index is 4.87. The smallest absolute Gasteiger partial charge is 0.194 e. The van der Waals surface area contributed by atoms with Gasteiger partial charge in [0.2, 0.25) is 0 Å². The zero-order valence-electron chi connectivity index (χ0n) is 17.8. The summed E-state index contributed by atoms with van der Waals surface area (Å²) in [6.45, 7) is 8.31. The van der Waals surface area contributed by atoms with E-state index in [-0.39, 0.29) is 24.0 Å². The highest BCUT2D eigenvalue weighted by Gasteiger charge is 2.11. The predicted molar refractivity (Wildman–Crippen MR) is 128 cm³/mol. The van der Waals surface area contributed by atoms with Crippen LogP contribution in [-0.4, -0.2) is 44.0 Å². The van der Waals surface area contributed by atoms with Crippen molar-refractivity contribution in [3.8, 4) is 5.69 Å². The monoisotopic (exact) mass is 507 g/mol. The molecule has 0 atom stereocenters. The van der Waals surface area contributed by atoms with Crippen molar-refractivity contribution in [1.29, 1.82) is 0 Å². The van der Waals surface area contributed by atoms with Gasteiger partial charge in [-0.25, -0.2) is 9.67 Å². The zero-order chi connectivity index (χ0) is 20.1. The quantitative estimate of drug-likeness (QED) is 0.316.